The molecule has 0 aliphatic carbocycles. The van der Waals surface area contributed by atoms with Gasteiger partial charge in [-0.2, -0.15) is 0 Å². The van der Waals surface area contributed by atoms with Gasteiger partial charge in [-0.25, -0.2) is 16.8 Å². The van der Waals surface area contributed by atoms with E-state index in [0.29, 0.717) is 22.6 Å². The maximum atomic E-state index is 13.7. The van der Waals surface area contributed by atoms with Crippen molar-refractivity contribution >= 4 is 43.0 Å². The highest BCUT2D eigenvalue weighted by molar-refractivity contribution is 7.93. The van der Waals surface area contributed by atoms with Crippen molar-refractivity contribution in [2.45, 2.75) is 44.4 Å². The Morgan fingerprint density at radius 3 is 1.78 bits per heavy atom. The van der Waals surface area contributed by atoms with Crippen LogP contribution in [-0.2, 0) is 24.8 Å². The molecule has 4 aromatic carbocycles. The molecule has 4 rings (SSSR count). The van der Waals surface area contributed by atoms with Crippen molar-refractivity contribution in [1.82, 2.24) is 0 Å². The maximum Gasteiger partial charge on any atom is 0.264 e. The predicted octanol–water partition coefficient (Wildman–Crippen LogP) is 5.86. The van der Waals surface area contributed by atoms with Crippen LogP contribution in [0.4, 0.5) is 17.1 Å². The van der Waals surface area contributed by atoms with E-state index in [4.69, 9.17) is 0 Å². The van der Waals surface area contributed by atoms with Crippen LogP contribution in [0.15, 0.2) is 94.7 Å². The first-order valence-corrected chi connectivity index (χ1v) is 15.9. The zero-order valence-corrected chi connectivity index (χ0v) is 25.2. The molecule has 0 spiro atoms. The van der Waals surface area contributed by atoms with E-state index in [1.54, 1.807) is 37.3 Å². The summed E-state index contributed by atoms with van der Waals surface area (Å²) in [6, 6.07) is 22.9. The second-order valence-electron chi connectivity index (χ2n) is 10.1. The first-order valence-electron chi connectivity index (χ1n) is 12.9. The number of aryl methyl sites for hydroxylation is 5. The Kier molecular flexibility index (Phi) is 8.55. The molecule has 0 aromatic heterocycles. The van der Waals surface area contributed by atoms with Crippen molar-refractivity contribution in [3.05, 3.63) is 113 Å². The molecule has 0 saturated carbocycles. The van der Waals surface area contributed by atoms with Crippen LogP contribution in [0.3, 0.4) is 0 Å². The van der Waals surface area contributed by atoms with Crippen LogP contribution in [0.2, 0.25) is 0 Å². The zero-order valence-electron chi connectivity index (χ0n) is 23.6. The number of hydrogen-bond donors (Lipinski definition) is 2. The summed E-state index contributed by atoms with van der Waals surface area (Å²) in [7, 11) is -7.93. The van der Waals surface area contributed by atoms with Crippen LogP contribution in [0.1, 0.15) is 27.8 Å². The van der Waals surface area contributed by atoms with E-state index in [9.17, 15) is 21.6 Å². The molecule has 0 unspecified atom stereocenters. The number of nitrogens with zero attached hydrogens (tertiary/aromatic N) is 1. The van der Waals surface area contributed by atoms with E-state index < -0.39 is 32.5 Å². The number of carbonyl (C=O) groups excluding carboxylic acids is 1. The fourth-order valence-electron chi connectivity index (χ4n) is 4.40. The lowest BCUT2D eigenvalue weighted by atomic mass is 10.1. The summed E-state index contributed by atoms with van der Waals surface area (Å²) >= 11 is 0. The third-order valence-electron chi connectivity index (χ3n) is 6.59. The van der Waals surface area contributed by atoms with Gasteiger partial charge in [-0.1, -0.05) is 53.1 Å². The predicted molar refractivity (Wildman–Crippen MR) is 163 cm³/mol. The van der Waals surface area contributed by atoms with E-state index in [0.717, 1.165) is 26.6 Å². The first kappa shape index (κ1) is 29.8. The van der Waals surface area contributed by atoms with Crippen LogP contribution in [-0.4, -0.2) is 29.3 Å². The topological polar surface area (TPSA) is 113 Å². The summed E-state index contributed by atoms with van der Waals surface area (Å²) in [6.45, 7) is 8.84. The third kappa shape index (κ3) is 6.96. The second-order valence-corrected chi connectivity index (χ2v) is 13.7. The fourth-order valence-corrected chi connectivity index (χ4v) is 7.02. The van der Waals surface area contributed by atoms with Crippen molar-refractivity contribution in [3.8, 4) is 0 Å². The van der Waals surface area contributed by atoms with Gasteiger partial charge in [-0.15, -0.1) is 0 Å². The van der Waals surface area contributed by atoms with E-state index in [1.165, 1.54) is 36.4 Å². The van der Waals surface area contributed by atoms with Gasteiger partial charge in [0.05, 0.1) is 21.2 Å². The molecule has 0 bridgehead atoms. The molecule has 0 atom stereocenters. The molecule has 0 aliphatic rings. The minimum Gasteiger partial charge on any atom is -0.325 e. The molecule has 214 valence electrons. The molecular formula is C31H33N3O5S2. The average Bonchev–Trinajstić information content (AvgIpc) is 2.90. The van der Waals surface area contributed by atoms with E-state index in [1.807, 2.05) is 45.9 Å². The lowest BCUT2D eigenvalue weighted by molar-refractivity contribution is -0.114. The normalized spacial score (nSPS) is 11.6. The molecule has 0 fully saturated rings. The Morgan fingerprint density at radius 2 is 1.20 bits per heavy atom. The summed E-state index contributed by atoms with van der Waals surface area (Å²) in [6.07, 6.45) is 0. The minimum atomic E-state index is -4.07. The van der Waals surface area contributed by atoms with Crippen molar-refractivity contribution < 1.29 is 21.6 Å². The highest BCUT2D eigenvalue weighted by Crippen LogP contribution is 2.28. The van der Waals surface area contributed by atoms with Gasteiger partial charge in [-0.3, -0.25) is 13.8 Å². The number of benzene rings is 4. The smallest absolute Gasteiger partial charge is 0.264 e. The Balaban J connectivity index is 1.55. The Morgan fingerprint density at radius 1 is 0.659 bits per heavy atom. The molecule has 41 heavy (non-hydrogen) atoms. The summed E-state index contributed by atoms with van der Waals surface area (Å²) in [5.41, 5.74) is 5.60. The Hall–Kier alpha value is -4.15. The van der Waals surface area contributed by atoms with Crippen LogP contribution in [0, 0.1) is 34.6 Å². The number of carbonyl (C=O) groups is 1. The summed E-state index contributed by atoms with van der Waals surface area (Å²) in [5.74, 6) is -0.579. The highest BCUT2D eigenvalue weighted by Gasteiger charge is 2.28. The van der Waals surface area contributed by atoms with Gasteiger partial charge < -0.3 is 5.32 Å². The molecule has 0 heterocycles. The number of rotatable bonds is 9. The van der Waals surface area contributed by atoms with Gasteiger partial charge in [-0.05, 0) is 94.3 Å². The van der Waals surface area contributed by atoms with Crippen molar-refractivity contribution in [1.29, 1.82) is 0 Å². The van der Waals surface area contributed by atoms with Gasteiger partial charge in [0, 0.05) is 5.69 Å². The van der Waals surface area contributed by atoms with Crippen molar-refractivity contribution in [2.75, 3.05) is 20.9 Å². The SMILES string of the molecule is Cc1ccc(S(=O)(=O)N(CC(=O)Nc2ccc(S(=O)(=O)Nc3ccc(C)cc3C)cc2)c2ccc(C)cc2C)cc1. The summed E-state index contributed by atoms with van der Waals surface area (Å²) < 4.78 is 56.9. The van der Waals surface area contributed by atoms with E-state index in [2.05, 4.69) is 10.0 Å². The molecule has 1 amide bonds. The molecule has 0 saturated heterocycles. The number of hydrogen-bond acceptors (Lipinski definition) is 5. The lowest BCUT2D eigenvalue weighted by Gasteiger charge is -2.26. The van der Waals surface area contributed by atoms with Crippen LogP contribution in [0.5, 0.6) is 0 Å². The molecule has 8 nitrogen and oxygen atoms in total. The number of amides is 1. The van der Waals surface area contributed by atoms with E-state index in [-0.39, 0.29) is 9.79 Å². The van der Waals surface area contributed by atoms with Gasteiger partial charge in [0.1, 0.15) is 6.54 Å². The quantitative estimate of drug-likeness (QED) is 0.253. The molecular weight excluding hydrogens is 558 g/mol. The molecule has 4 aromatic rings. The standard InChI is InChI=1S/C31H33N3O5S2/c1-21-6-12-28(13-7-21)41(38,39)34(30-17-9-23(3)19-25(30)5)20-31(35)32-26-10-14-27(15-11-26)40(36,37)33-29-16-8-22(2)18-24(29)4/h6-19,33H,20H2,1-5H3,(H,32,35). The third-order valence-corrected chi connectivity index (χ3v) is 9.75. The number of anilines is 3. The largest absolute Gasteiger partial charge is 0.325 e. The highest BCUT2D eigenvalue weighted by atomic mass is 32.2. The van der Waals surface area contributed by atoms with Crippen LogP contribution < -0.4 is 14.3 Å². The van der Waals surface area contributed by atoms with Crippen LogP contribution in [0.25, 0.3) is 0 Å². The van der Waals surface area contributed by atoms with Gasteiger partial charge >= 0.3 is 0 Å². The zero-order chi connectivity index (χ0) is 29.9. The van der Waals surface area contributed by atoms with Crippen molar-refractivity contribution in [3.63, 3.8) is 0 Å². The van der Waals surface area contributed by atoms with Crippen molar-refractivity contribution in [2.24, 2.45) is 0 Å². The van der Waals surface area contributed by atoms with E-state index >= 15 is 0 Å². The van der Waals surface area contributed by atoms with Gasteiger partial charge in [0.2, 0.25) is 5.91 Å². The Labute approximate surface area is 242 Å². The molecule has 0 aliphatic heterocycles. The number of nitrogens with one attached hydrogen (secondary N) is 2. The maximum absolute atomic E-state index is 13.7. The number of sulfonamides is 2. The molecule has 10 heteroatoms. The molecule has 0 radical (unpaired) electrons. The average molecular weight is 592 g/mol. The summed E-state index contributed by atoms with van der Waals surface area (Å²) in [5, 5.41) is 2.69. The second kappa shape index (κ2) is 11.8. The summed E-state index contributed by atoms with van der Waals surface area (Å²) in [4.78, 5) is 13.2. The van der Waals surface area contributed by atoms with Gasteiger partial charge in [0.25, 0.3) is 20.0 Å². The lowest BCUT2D eigenvalue weighted by Crippen LogP contribution is -2.38. The van der Waals surface area contributed by atoms with Gasteiger partial charge in [0.15, 0.2) is 0 Å². The van der Waals surface area contributed by atoms with Crippen LogP contribution >= 0.6 is 0 Å². The monoisotopic (exact) mass is 591 g/mol. The fraction of sp³-hybridized carbons (Fsp3) is 0.194. The minimum absolute atomic E-state index is 0.0225. The Bertz CT molecular complexity index is 1800. The first-order chi connectivity index (χ1) is 19.3. The molecule has 2 N–H and O–H groups in total.